The lowest BCUT2D eigenvalue weighted by atomic mass is 9.93. The number of amides is 1. The number of ether oxygens (including phenoxy) is 1. The first-order chi connectivity index (χ1) is 11.6. The molecule has 0 saturated heterocycles. The van der Waals surface area contributed by atoms with Crippen molar-refractivity contribution >= 4 is 23.0 Å². The van der Waals surface area contributed by atoms with Crippen molar-refractivity contribution in [2.75, 3.05) is 36.2 Å². The van der Waals surface area contributed by atoms with E-state index in [1.54, 1.807) is 7.11 Å². The summed E-state index contributed by atoms with van der Waals surface area (Å²) in [6, 6.07) is 0.283. The van der Waals surface area contributed by atoms with E-state index in [-0.39, 0.29) is 11.9 Å². The first-order valence-electron chi connectivity index (χ1n) is 9.11. The fourth-order valence-corrected chi connectivity index (χ4v) is 3.51. The Hall–Kier alpha value is -1.75. The quantitative estimate of drug-likeness (QED) is 0.798. The molecule has 0 fully saturated rings. The molecule has 1 aliphatic heterocycles. The molecular formula is C20H33N3O2. The minimum absolute atomic E-state index is 0.00712. The second-order valence-corrected chi connectivity index (χ2v) is 8.08. The van der Waals surface area contributed by atoms with E-state index in [0.717, 1.165) is 47.6 Å². The van der Waals surface area contributed by atoms with Crippen molar-refractivity contribution in [3.63, 3.8) is 0 Å². The van der Waals surface area contributed by atoms with E-state index in [4.69, 9.17) is 10.5 Å². The number of nitrogens with zero attached hydrogens (tertiary/aromatic N) is 1. The molecule has 0 saturated carbocycles. The fourth-order valence-electron chi connectivity index (χ4n) is 3.51. The smallest absolute Gasteiger partial charge is 0.229 e. The Labute approximate surface area is 151 Å². The van der Waals surface area contributed by atoms with E-state index in [2.05, 4.69) is 24.1 Å². The van der Waals surface area contributed by atoms with Gasteiger partial charge in [-0.25, -0.2) is 0 Å². The highest BCUT2D eigenvalue weighted by molar-refractivity contribution is 6.01. The average Bonchev–Trinajstić information content (AvgIpc) is 2.88. The van der Waals surface area contributed by atoms with Crippen molar-refractivity contribution in [1.29, 1.82) is 0 Å². The maximum absolute atomic E-state index is 12.7. The van der Waals surface area contributed by atoms with Crippen LogP contribution in [-0.2, 0) is 16.0 Å². The number of carbonyl (C=O) groups is 1. The monoisotopic (exact) mass is 347 g/mol. The summed E-state index contributed by atoms with van der Waals surface area (Å²) in [5, 5.41) is 3.17. The Kier molecular flexibility index (Phi) is 5.67. The number of rotatable bonds is 5. The summed E-state index contributed by atoms with van der Waals surface area (Å²) in [5.41, 5.74) is 12.0. The van der Waals surface area contributed by atoms with E-state index in [0.29, 0.717) is 6.61 Å². The number of nitrogens with one attached hydrogen (secondary N) is 1. The largest absolute Gasteiger partial charge is 0.398 e. The van der Waals surface area contributed by atoms with Gasteiger partial charge < -0.3 is 20.7 Å². The molecule has 1 amide bonds. The van der Waals surface area contributed by atoms with Gasteiger partial charge in [0.25, 0.3) is 0 Å². The van der Waals surface area contributed by atoms with Gasteiger partial charge in [0.15, 0.2) is 0 Å². The second-order valence-electron chi connectivity index (χ2n) is 8.08. The molecular weight excluding hydrogens is 314 g/mol. The zero-order chi connectivity index (χ0) is 18.9. The van der Waals surface area contributed by atoms with Crippen LogP contribution >= 0.6 is 0 Å². The molecule has 5 heteroatoms. The predicted octanol–water partition coefficient (Wildman–Crippen LogP) is 3.66. The van der Waals surface area contributed by atoms with E-state index >= 15 is 0 Å². The number of nitrogens with two attached hydrogens (primary N) is 1. The number of hydrogen-bond acceptors (Lipinski definition) is 4. The Balaban J connectivity index is 2.60. The lowest BCUT2D eigenvalue weighted by Gasteiger charge is -2.30. The van der Waals surface area contributed by atoms with Crippen LogP contribution in [0.1, 0.15) is 50.8 Å². The molecule has 0 radical (unpaired) electrons. The van der Waals surface area contributed by atoms with Crippen molar-refractivity contribution in [2.24, 2.45) is 5.41 Å². The molecule has 5 nitrogen and oxygen atoms in total. The maximum atomic E-state index is 12.7. The van der Waals surface area contributed by atoms with Gasteiger partial charge >= 0.3 is 0 Å². The first-order valence-corrected chi connectivity index (χ1v) is 9.11. The van der Waals surface area contributed by atoms with Gasteiger partial charge in [-0.3, -0.25) is 4.79 Å². The first kappa shape index (κ1) is 19.6. The molecule has 1 heterocycles. The lowest BCUT2D eigenvalue weighted by Crippen LogP contribution is -2.37. The van der Waals surface area contributed by atoms with E-state index in [1.807, 2.05) is 27.7 Å². The van der Waals surface area contributed by atoms with Crippen LogP contribution in [0.3, 0.4) is 0 Å². The van der Waals surface area contributed by atoms with Gasteiger partial charge in [0.2, 0.25) is 5.91 Å². The summed E-state index contributed by atoms with van der Waals surface area (Å²) in [4.78, 5) is 15.0. The van der Waals surface area contributed by atoms with Crippen LogP contribution in [0, 0.1) is 19.3 Å². The predicted molar refractivity (Wildman–Crippen MR) is 105 cm³/mol. The number of methoxy groups -OCH3 is 1. The molecule has 0 spiro atoms. The molecule has 1 aromatic rings. The minimum Gasteiger partial charge on any atom is -0.398 e. The third kappa shape index (κ3) is 3.61. The van der Waals surface area contributed by atoms with E-state index < -0.39 is 5.41 Å². The number of hydrogen-bond donors (Lipinski definition) is 2. The van der Waals surface area contributed by atoms with Gasteiger partial charge in [-0.2, -0.15) is 0 Å². The lowest BCUT2D eigenvalue weighted by molar-refractivity contribution is -0.123. The Bertz CT molecular complexity index is 662. The summed E-state index contributed by atoms with van der Waals surface area (Å²) in [6.45, 7) is 13.6. The molecule has 1 unspecified atom stereocenters. The molecule has 1 atom stereocenters. The van der Waals surface area contributed by atoms with Crippen molar-refractivity contribution < 1.29 is 9.53 Å². The van der Waals surface area contributed by atoms with Crippen LogP contribution in [0.25, 0.3) is 0 Å². The molecule has 2 rings (SSSR count). The number of carbonyl (C=O) groups excluding carboxylic acids is 1. The summed E-state index contributed by atoms with van der Waals surface area (Å²) >= 11 is 0. The summed E-state index contributed by atoms with van der Waals surface area (Å²) in [5.74, 6) is 0.00712. The molecule has 25 heavy (non-hydrogen) atoms. The zero-order valence-electron chi connectivity index (χ0n) is 16.7. The van der Waals surface area contributed by atoms with E-state index in [1.165, 1.54) is 5.56 Å². The van der Waals surface area contributed by atoms with Gasteiger partial charge in [0.1, 0.15) is 0 Å². The van der Waals surface area contributed by atoms with Gasteiger partial charge in [-0.1, -0.05) is 27.7 Å². The highest BCUT2D eigenvalue weighted by Crippen LogP contribution is 2.46. The molecule has 0 bridgehead atoms. The van der Waals surface area contributed by atoms with Crippen molar-refractivity contribution in [3.05, 3.63) is 16.7 Å². The number of anilines is 3. The van der Waals surface area contributed by atoms with Crippen LogP contribution < -0.4 is 16.0 Å². The van der Waals surface area contributed by atoms with Gasteiger partial charge in [0, 0.05) is 24.8 Å². The minimum atomic E-state index is -0.459. The van der Waals surface area contributed by atoms with Crippen molar-refractivity contribution in [3.8, 4) is 0 Å². The standard InChI is InChI=1S/C20H33N3O2/c1-8-9-23-14(11-25-7)10-15-12(2)16(21)13(3)17(18(15)23)22-19(24)20(4,5)6/h14H,8-11,21H2,1-7H3,(H,22,24). The number of nitrogen functional groups attached to an aromatic ring is 1. The van der Waals surface area contributed by atoms with Gasteiger partial charge in [-0.05, 0) is 43.4 Å². The van der Waals surface area contributed by atoms with Gasteiger partial charge in [0.05, 0.1) is 24.0 Å². The summed E-state index contributed by atoms with van der Waals surface area (Å²) in [7, 11) is 1.74. The van der Waals surface area contributed by atoms with Crippen LogP contribution in [-0.4, -0.2) is 32.2 Å². The van der Waals surface area contributed by atoms with Crippen LogP contribution in [0.5, 0.6) is 0 Å². The normalized spacial score (nSPS) is 16.9. The van der Waals surface area contributed by atoms with Crippen LogP contribution in [0.2, 0.25) is 0 Å². The molecule has 140 valence electrons. The topological polar surface area (TPSA) is 67.6 Å². The fraction of sp³-hybridized carbons (Fsp3) is 0.650. The highest BCUT2D eigenvalue weighted by Gasteiger charge is 2.35. The molecule has 3 N–H and O–H groups in total. The average molecular weight is 348 g/mol. The van der Waals surface area contributed by atoms with Crippen molar-refractivity contribution in [1.82, 2.24) is 0 Å². The SMILES string of the molecule is CCCN1c2c(c(C)c(N)c(C)c2NC(=O)C(C)(C)C)CC1COC. The molecule has 1 aliphatic rings. The Morgan fingerprint density at radius 3 is 2.48 bits per heavy atom. The van der Waals surface area contributed by atoms with E-state index in [9.17, 15) is 4.79 Å². The zero-order valence-corrected chi connectivity index (χ0v) is 16.7. The maximum Gasteiger partial charge on any atom is 0.229 e. The Morgan fingerprint density at radius 2 is 1.96 bits per heavy atom. The third-order valence-electron chi connectivity index (χ3n) is 5.07. The number of benzene rings is 1. The number of fused-ring (bicyclic) bond motifs is 1. The van der Waals surface area contributed by atoms with Crippen LogP contribution in [0.15, 0.2) is 0 Å². The molecule has 1 aromatic carbocycles. The highest BCUT2D eigenvalue weighted by atomic mass is 16.5. The molecule has 0 aromatic heterocycles. The summed E-state index contributed by atoms with van der Waals surface area (Å²) < 4.78 is 5.45. The van der Waals surface area contributed by atoms with Crippen LogP contribution in [0.4, 0.5) is 17.1 Å². The molecule has 0 aliphatic carbocycles. The van der Waals surface area contributed by atoms with Gasteiger partial charge in [-0.15, -0.1) is 0 Å². The third-order valence-corrected chi connectivity index (χ3v) is 5.07. The Morgan fingerprint density at radius 1 is 1.32 bits per heavy atom. The summed E-state index contributed by atoms with van der Waals surface area (Å²) in [6.07, 6.45) is 1.94. The van der Waals surface area contributed by atoms with Crippen molar-refractivity contribution in [2.45, 2.75) is 60.4 Å². The second kappa shape index (κ2) is 7.24.